The van der Waals surface area contributed by atoms with E-state index in [1.54, 1.807) is 11.3 Å². The molecule has 2 atom stereocenters. The molecule has 1 saturated heterocycles. The molecule has 1 fully saturated rings. The van der Waals surface area contributed by atoms with Gasteiger partial charge in [-0.05, 0) is 26.3 Å². The first kappa shape index (κ1) is 14.0. The molecule has 2 unspecified atom stereocenters. The number of hydrogen-bond donors (Lipinski definition) is 1. The standard InChI is InChI=1S/C14H21N3O2S/c1-15-12-13-11(16-9-20-13)5-6-17(14(12)18)8-10-4-2-3-7-19-10/h9-10,12,15H,2-8H2,1H3. The first-order valence-corrected chi connectivity index (χ1v) is 8.17. The SMILES string of the molecule is CNC1C(=O)N(CC2CCCCO2)CCc2ncsc21. The zero-order valence-corrected chi connectivity index (χ0v) is 12.6. The van der Waals surface area contributed by atoms with Gasteiger partial charge in [-0.15, -0.1) is 11.3 Å². The van der Waals surface area contributed by atoms with E-state index in [1.165, 1.54) is 6.42 Å². The molecular formula is C14H21N3O2S. The number of aromatic nitrogens is 1. The summed E-state index contributed by atoms with van der Waals surface area (Å²) in [5.74, 6) is 0.157. The van der Waals surface area contributed by atoms with E-state index in [2.05, 4.69) is 10.3 Å². The fourth-order valence-corrected chi connectivity index (χ4v) is 3.92. The number of hydrogen-bond acceptors (Lipinski definition) is 5. The summed E-state index contributed by atoms with van der Waals surface area (Å²) in [7, 11) is 1.84. The Morgan fingerprint density at radius 1 is 1.55 bits per heavy atom. The number of nitrogens with one attached hydrogen (secondary N) is 1. The van der Waals surface area contributed by atoms with Gasteiger partial charge in [-0.1, -0.05) is 0 Å². The van der Waals surface area contributed by atoms with Gasteiger partial charge in [0.1, 0.15) is 6.04 Å². The van der Waals surface area contributed by atoms with E-state index >= 15 is 0 Å². The number of thiazole rings is 1. The number of nitrogens with zero attached hydrogens (tertiary/aromatic N) is 2. The van der Waals surface area contributed by atoms with E-state index < -0.39 is 0 Å². The van der Waals surface area contributed by atoms with Crippen LogP contribution in [0.4, 0.5) is 0 Å². The highest BCUT2D eigenvalue weighted by molar-refractivity contribution is 7.10. The molecule has 0 saturated carbocycles. The zero-order chi connectivity index (χ0) is 13.9. The Morgan fingerprint density at radius 3 is 3.20 bits per heavy atom. The summed E-state index contributed by atoms with van der Waals surface area (Å²) >= 11 is 1.57. The number of fused-ring (bicyclic) bond motifs is 1. The van der Waals surface area contributed by atoms with Gasteiger partial charge in [0, 0.05) is 26.1 Å². The van der Waals surface area contributed by atoms with Gasteiger partial charge < -0.3 is 15.0 Å². The summed E-state index contributed by atoms with van der Waals surface area (Å²) in [5, 5.41) is 3.14. The summed E-state index contributed by atoms with van der Waals surface area (Å²) in [4.78, 5) is 20.1. The summed E-state index contributed by atoms with van der Waals surface area (Å²) in [6.45, 7) is 2.29. The lowest BCUT2D eigenvalue weighted by molar-refractivity contribution is -0.135. The first-order valence-electron chi connectivity index (χ1n) is 7.29. The lowest BCUT2D eigenvalue weighted by Crippen LogP contribution is -2.44. The molecule has 20 heavy (non-hydrogen) atoms. The monoisotopic (exact) mass is 295 g/mol. The van der Waals surface area contributed by atoms with Crippen LogP contribution in [0, 0.1) is 0 Å². The van der Waals surface area contributed by atoms with Gasteiger partial charge in [0.15, 0.2) is 0 Å². The number of carbonyl (C=O) groups excluding carboxylic acids is 1. The second-order valence-corrected chi connectivity index (χ2v) is 6.29. The van der Waals surface area contributed by atoms with E-state index in [0.717, 1.165) is 43.0 Å². The molecular weight excluding hydrogens is 274 g/mol. The van der Waals surface area contributed by atoms with Crippen molar-refractivity contribution in [2.24, 2.45) is 0 Å². The normalized spacial score (nSPS) is 27.2. The predicted molar refractivity (Wildman–Crippen MR) is 77.8 cm³/mol. The van der Waals surface area contributed by atoms with Crippen LogP contribution in [0.25, 0.3) is 0 Å². The smallest absolute Gasteiger partial charge is 0.245 e. The van der Waals surface area contributed by atoms with Gasteiger partial charge in [0.2, 0.25) is 5.91 Å². The van der Waals surface area contributed by atoms with E-state index in [4.69, 9.17) is 4.74 Å². The van der Waals surface area contributed by atoms with Crippen molar-refractivity contribution in [1.29, 1.82) is 0 Å². The van der Waals surface area contributed by atoms with Crippen molar-refractivity contribution >= 4 is 17.2 Å². The zero-order valence-electron chi connectivity index (χ0n) is 11.8. The van der Waals surface area contributed by atoms with Crippen LogP contribution in [0.1, 0.15) is 35.9 Å². The van der Waals surface area contributed by atoms with Crippen molar-refractivity contribution in [3.8, 4) is 0 Å². The number of likely N-dealkylation sites (N-methyl/N-ethyl adjacent to an activating group) is 1. The van der Waals surface area contributed by atoms with Crippen LogP contribution < -0.4 is 5.32 Å². The molecule has 0 aliphatic carbocycles. The Balaban J connectivity index is 1.73. The van der Waals surface area contributed by atoms with Crippen molar-refractivity contribution < 1.29 is 9.53 Å². The third kappa shape index (κ3) is 2.73. The average Bonchev–Trinajstić information content (AvgIpc) is 2.89. The second-order valence-electron chi connectivity index (χ2n) is 5.41. The Hall–Kier alpha value is -0.980. The van der Waals surface area contributed by atoms with Gasteiger partial charge in [-0.3, -0.25) is 4.79 Å². The van der Waals surface area contributed by atoms with Crippen LogP contribution in [0.15, 0.2) is 5.51 Å². The number of amides is 1. The molecule has 3 rings (SSSR count). The Kier molecular flexibility index (Phi) is 4.33. The third-order valence-electron chi connectivity index (χ3n) is 4.10. The summed E-state index contributed by atoms with van der Waals surface area (Å²) in [6.07, 6.45) is 4.46. The van der Waals surface area contributed by atoms with E-state index in [0.29, 0.717) is 6.54 Å². The predicted octanol–water partition coefficient (Wildman–Crippen LogP) is 1.36. The lowest BCUT2D eigenvalue weighted by atomic mass is 10.1. The third-order valence-corrected chi connectivity index (χ3v) is 5.03. The Bertz CT molecular complexity index is 471. The Morgan fingerprint density at radius 2 is 2.45 bits per heavy atom. The van der Waals surface area contributed by atoms with E-state index in [1.807, 2.05) is 17.5 Å². The molecule has 2 aliphatic rings. The van der Waals surface area contributed by atoms with Crippen molar-refractivity contribution in [1.82, 2.24) is 15.2 Å². The highest BCUT2D eigenvalue weighted by Crippen LogP contribution is 2.28. The highest BCUT2D eigenvalue weighted by Gasteiger charge is 2.33. The van der Waals surface area contributed by atoms with Gasteiger partial charge in [0.25, 0.3) is 0 Å². The molecule has 1 N–H and O–H groups in total. The van der Waals surface area contributed by atoms with Crippen LogP contribution in [0.5, 0.6) is 0 Å². The van der Waals surface area contributed by atoms with Crippen molar-refractivity contribution in [2.75, 3.05) is 26.7 Å². The first-order chi connectivity index (χ1) is 9.79. The van der Waals surface area contributed by atoms with Gasteiger partial charge >= 0.3 is 0 Å². The molecule has 0 aromatic carbocycles. The molecule has 0 bridgehead atoms. The van der Waals surface area contributed by atoms with Crippen LogP contribution in [-0.4, -0.2) is 48.6 Å². The average molecular weight is 295 g/mol. The van der Waals surface area contributed by atoms with E-state index in [9.17, 15) is 4.79 Å². The van der Waals surface area contributed by atoms with Crippen LogP contribution in [0.2, 0.25) is 0 Å². The maximum atomic E-state index is 12.7. The number of rotatable bonds is 3. The number of carbonyl (C=O) groups is 1. The topological polar surface area (TPSA) is 54.5 Å². The molecule has 1 aromatic heterocycles. The highest BCUT2D eigenvalue weighted by atomic mass is 32.1. The molecule has 6 heteroatoms. The summed E-state index contributed by atoms with van der Waals surface area (Å²) in [5.41, 5.74) is 2.90. The molecule has 1 amide bonds. The van der Waals surface area contributed by atoms with Crippen molar-refractivity contribution in [2.45, 2.75) is 37.8 Å². The van der Waals surface area contributed by atoms with Crippen LogP contribution >= 0.6 is 11.3 Å². The molecule has 1 aromatic rings. The van der Waals surface area contributed by atoms with E-state index in [-0.39, 0.29) is 18.1 Å². The minimum atomic E-state index is -0.247. The summed E-state index contributed by atoms with van der Waals surface area (Å²) in [6, 6.07) is -0.247. The summed E-state index contributed by atoms with van der Waals surface area (Å²) < 4.78 is 5.77. The lowest BCUT2D eigenvalue weighted by Gasteiger charge is -2.30. The quantitative estimate of drug-likeness (QED) is 0.915. The maximum Gasteiger partial charge on any atom is 0.245 e. The molecule has 2 aliphatic heterocycles. The molecule has 0 spiro atoms. The minimum Gasteiger partial charge on any atom is -0.376 e. The molecule has 5 nitrogen and oxygen atoms in total. The Labute approximate surface area is 123 Å². The van der Waals surface area contributed by atoms with Crippen LogP contribution in [0.3, 0.4) is 0 Å². The molecule has 110 valence electrons. The number of ether oxygens (including phenoxy) is 1. The maximum absolute atomic E-state index is 12.7. The fourth-order valence-electron chi connectivity index (χ4n) is 2.98. The molecule has 0 radical (unpaired) electrons. The minimum absolute atomic E-state index is 0.157. The van der Waals surface area contributed by atoms with Crippen molar-refractivity contribution in [3.05, 3.63) is 16.1 Å². The molecule has 3 heterocycles. The van der Waals surface area contributed by atoms with Gasteiger partial charge in [-0.25, -0.2) is 4.98 Å². The fraction of sp³-hybridized carbons (Fsp3) is 0.714. The van der Waals surface area contributed by atoms with Gasteiger partial charge in [-0.2, -0.15) is 0 Å². The van der Waals surface area contributed by atoms with Crippen molar-refractivity contribution in [3.63, 3.8) is 0 Å². The van der Waals surface area contributed by atoms with Crippen LogP contribution in [-0.2, 0) is 16.0 Å². The largest absolute Gasteiger partial charge is 0.376 e. The van der Waals surface area contributed by atoms with Gasteiger partial charge in [0.05, 0.1) is 22.2 Å². The second kappa shape index (κ2) is 6.20.